The average Bonchev–Trinajstić information content (AvgIpc) is 2.93. The number of furan rings is 1. The summed E-state index contributed by atoms with van der Waals surface area (Å²) in [5, 5.41) is 0. The Hall–Kier alpha value is -1.02. The lowest BCUT2D eigenvalue weighted by molar-refractivity contribution is 0.569. The summed E-state index contributed by atoms with van der Waals surface area (Å²) in [6, 6.07) is 20.8. The second-order valence-electron chi connectivity index (χ2n) is 5.57. The summed E-state index contributed by atoms with van der Waals surface area (Å²) in [5.74, 6) is 1.89. The molecular formula is C20H19I2NO. The van der Waals surface area contributed by atoms with Gasteiger partial charge in [0.15, 0.2) is 5.76 Å². The molecule has 0 spiro atoms. The van der Waals surface area contributed by atoms with E-state index in [1.54, 1.807) is 0 Å². The summed E-state index contributed by atoms with van der Waals surface area (Å²) in [6.45, 7) is 3.17. The van der Waals surface area contributed by atoms with Crippen LogP contribution in [0.5, 0.6) is 0 Å². The third-order valence-corrected chi connectivity index (χ3v) is 6.92. The highest BCUT2D eigenvalue weighted by Crippen LogP contribution is 2.40. The summed E-state index contributed by atoms with van der Waals surface area (Å²) in [4.78, 5) is 2.29. The van der Waals surface area contributed by atoms with Crippen molar-refractivity contribution in [1.29, 1.82) is 0 Å². The number of anilines is 2. The summed E-state index contributed by atoms with van der Waals surface area (Å²) < 4.78 is 8.70. The van der Waals surface area contributed by atoms with Gasteiger partial charge in [-0.05, 0) is 63.7 Å². The molecule has 3 aromatic rings. The van der Waals surface area contributed by atoms with Gasteiger partial charge < -0.3 is 9.32 Å². The van der Waals surface area contributed by atoms with E-state index in [1.165, 1.54) is 12.8 Å². The van der Waals surface area contributed by atoms with Gasteiger partial charge in [0.2, 0.25) is 5.88 Å². The van der Waals surface area contributed by atoms with Crippen LogP contribution in [0.3, 0.4) is 0 Å². The normalized spacial score (nSPS) is 10.8. The number of hydrogen-bond donors (Lipinski definition) is 0. The van der Waals surface area contributed by atoms with E-state index in [2.05, 4.69) is 93.4 Å². The summed E-state index contributed by atoms with van der Waals surface area (Å²) in [6.07, 6.45) is 2.28. The number of para-hydroxylation sites is 1. The SMILES string of the molecule is CCCCN(c1ccccc1)c1oc(-c2ccccc2)c(I)c1I. The second-order valence-corrected chi connectivity index (χ2v) is 7.73. The van der Waals surface area contributed by atoms with E-state index in [-0.39, 0.29) is 0 Å². The van der Waals surface area contributed by atoms with Crippen molar-refractivity contribution in [1.82, 2.24) is 0 Å². The van der Waals surface area contributed by atoms with Crippen molar-refractivity contribution >= 4 is 56.8 Å². The molecule has 0 bridgehead atoms. The summed E-state index contributed by atoms with van der Waals surface area (Å²) in [7, 11) is 0. The molecule has 2 nitrogen and oxygen atoms in total. The molecule has 0 radical (unpaired) electrons. The minimum absolute atomic E-state index is 0.943. The molecule has 2 aromatic carbocycles. The number of halogens is 2. The summed E-state index contributed by atoms with van der Waals surface area (Å²) >= 11 is 4.80. The molecule has 0 N–H and O–H groups in total. The molecule has 0 saturated carbocycles. The topological polar surface area (TPSA) is 16.4 Å². The first-order chi connectivity index (χ1) is 11.7. The maximum Gasteiger partial charge on any atom is 0.215 e. The Kier molecular flexibility index (Phi) is 6.21. The minimum Gasteiger partial charge on any atom is -0.438 e. The molecule has 24 heavy (non-hydrogen) atoms. The fourth-order valence-corrected chi connectivity index (χ4v) is 3.90. The van der Waals surface area contributed by atoms with Gasteiger partial charge in [0, 0.05) is 17.8 Å². The predicted molar refractivity (Wildman–Crippen MR) is 118 cm³/mol. The number of unbranched alkanes of at least 4 members (excludes halogenated alkanes) is 1. The van der Waals surface area contributed by atoms with Gasteiger partial charge >= 0.3 is 0 Å². The van der Waals surface area contributed by atoms with Crippen LogP contribution < -0.4 is 4.90 Å². The number of nitrogens with zero attached hydrogens (tertiary/aromatic N) is 1. The quantitative estimate of drug-likeness (QED) is 0.309. The Morgan fingerprint density at radius 3 is 2.12 bits per heavy atom. The van der Waals surface area contributed by atoms with E-state index in [0.717, 1.165) is 36.6 Å². The van der Waals surface area contributed by atoms with E-state index in [9.17, 15) is 0 Å². The van der Waals surface area contributed by atoms with Crippen molar-refractivity contribution in [2.24, 2.45) is 0 Å². The number of hydrogen-bond acceptors (Lipinski definition) is 2. The summed E-state index contributed by atoms with van der Waals surface area (Å²) in [5.41, 5.74) is 2.29. The number of rotatable bonds is 6. The van der Waals surface area contributed by atoms with Crippen LogP contribution in [0.2, 0.25) is 0 Å². The third kappa shape index (κ3) is 3.79. The first kappa shape index (κ1) is 17.8. The molecule has 0 fully saturated rings. The third-order valence-electron chi connectivity index (χ3n) is 3.86. The van der Waals surface area contributed by atoms with Crippen molar-refractivity contribution < 1.29 is 4.42 Å². The van der Waals surface area contributed by atoms with Crippen LogP contribution in [0.25, 0.3) is 11.3 Å². The van der Waals surface area contributed by atoms with Crippen LogP contribution >= 0.6 is 45.2 Å². The second kappa shape index (κ2) is 8.38. The lowest BCUT2D eigenvalue weighted by atomic mass is 10.2. The standard InChI is InChI=1S/C20H19I2NO/c1-2-3-14-23(16-12-8-5-9-13-16)20-18(22)17(21)19(24-20)15-10-6-4-7-11-15/h4-13H,2-3,14H2,1H3. The maximum atomic E-state index is 6.36. The Morgan fingerprint density at radius 2 is 1.50 bits per heavy atom. The highest BCUT2D eigenvalue weighted by molar-refractivity contribution is 14.1. The Morgan fingerprint density at radius 1 is 0.875 bits per heavy atom. The van der Waals surface area contributed by atoms with Crippen LogP contribution in [0, 0.1) is 7.14 Å². The molecule has 0 aliphatic carbocycles. The fraction of sp³-hybridized carbons (Fsp3) is 0.200. The monoisotopic (exact) mass is 543 g/mol. The lowest BCUT2D eigenvalue weighted by Gasteiger charge is -2.22. The lowest BCUT2D eigenvalue weighted by Crippen LogP contribution is -2.18. The smallest absolute Gasteiger partial charge is 0.215 e. The van der Waals surface area contributed by atoms with Crippen molar-refractivity contribution in [3.05, 3.63) is 67.8 Å². The van der Waals surface area contributed by atoms with Crippen LogP contribution in [0.1, 0.15) is 19.8 Å². The van der Waals surface area contributed by atoms with E-state index >= 15 is 0 Å². The first-order valence-corrected chi connectivity index (χ1v) is 10.2. The van der Waals surface area contributed by atoms with Crippen LogP contribution in [0.15, 0.2) is 65.1 Å². The van der Waals surface area contributed by atoms with E-state index in [0.29, 0.717) is 0 Å². The molecule has 0 unspecified atom stereocenters. The van der Waals surface area contributed by atoms with Gasteiger partial charge in [-0.15, -0.1) is 0 Å². The molecule has 124 valence electrons. The largest absolute Gasteiger partial charge is 0.438 e. The zero-order chi connectivity index (χ0) is 16.9. The molecule has 0 aliphatic heterocycles. The Labute approximate surface area is 170 Å². The van der Waals surface area contributed by atoms with Gasteiger partial charge in [0.05, 0.1) is 7.14 Å². The molecule has 0 saturated heterocycles. The molecule has 3 rings (SSSR count). The molecule has 1 aromatic heterocycles. The van der Waals surface area contributed by atoms with Gasteiger partial charge in [-0.1, -0.05) is 61.9 Å². The van der Waals surface area contributed by atoms with Gasteiger partial charge in [-0.3, -0.25) is 0 Å². The van der Waals surface area contributed by atoms with Crippen molar-refractivity contribution in [2.75, 3.05) is 11.4 Å². The van der Waals surface area contributed by atoms with Crippen LogP contribution in [0.4, 0.5) is 11.6 Å². The zero-order valence-electron chi connectivity index (χ0n) is 13.5. The Balaban J connectivity index is 2.05. The highest BCUT2D eigenvalue weighted by atomic mass is 127. The fourth-order valence-electron chi connectivity index (χ4n) is 2.60. The Bertz CT molecular complexity index is 784. The average molecular weight is 543 g/mol. The van der Waals surface area contributed by atoms with Gasteiger partial charge in [-0.2, -0.15) is 0 Å². The van der Waals surface area contributed by atoms with E-state index in [1.807, 2.05) is 24.3 Å². The van der Waals surface area contributed by atoms with Crippen LogP contribution in [-0.2, 0) is 0 Å². The van der Waals surface area contributed by atoms with Gasteiger partial charge in [0.1, 0.15) is 0 Å². The van der Waals surface area contributed by atoms with Crippen LogP contribution in [-0.4, -0.2) is 6.54 Å². The van der Waals surface area contributed by atoms with Gasteiger partial charge in [0.25, 0.3) is 0 Å². The predicted octanol–water partition coefficient (Wildman–Crippen LogP) is 7.09. The van der Waals surface area contributed by atoms with Crippen molar-refractivity contribution in [2.45, 2.75) is 19.8 Å². The molecule has 0 atom stereocenters. The minimum atomic E-state index is 0.943. The van der Waals surface area contributed by atoms with E-state index < -0.39 is 0 Å². The zero-order valence-corrected chi connectivity index (χ0v) is 17.8. The number of benzene rings is 2. The molecule has 1 heterocycles. The van der Waals surface area contributed by atoms with Crippen molar-refractivity contribution in [3.63, 3.8) is 0 Å². The van der Waals surface area contributed by atoms with E-state index in [4.69, 9.17) is 4.42 Å². The van der Waals surface area contributed by atoms with Gasteiger partial charge in [-0.25, -0.2) is 0 Å². The molecule has 0 aliphatic rings. The first-order valence-electron chi connectivity index (χ1n) is 8.08. The van der Waals surface area contributed by atoms with Crippen molar-refractivity contribution in [3.8, 4) is 11.3 Å². The maximum absolute atomic E-state index is 6.36. The molecule has 0 amide bonds. The molecular weight excluding hydrogens is 524 g/mol. The highest BCUT2D eigenvalue weighted by Gasteiger charge is 2.23. The molecule has 4 heteroatoms.